The van der Waals surface area contributed by atoms with Gasteiger partial charge >= 0.3 is 0 Å². The maximum atomic E-state index is 11.8. The second-order valence-electron chi connectivity index (χ2n) is 5.35. The van der Waals surface area contributed by atoms with Gasteiger partial charge in [0.1, 0.15) is 5.82 Å². The summed E-state index contributed by atoms with van der Waals surface area (Å²) in [5.41, 5.74) is 0.836. The second-order valence-corrected chi connectivity index (χ2v) is 5.35. The first-order valence-corrected chi connectivity index (χ1v) is 6.43. The van der Waals surface area contributed by atoms with Crippen LogP contribution in [0.5, 0.6) is 0 Å². The lowest BCUT2D eigenvalue weighted by molar-refractivity contribution is 0.557. The Labute approximate surface area is 102 Å². The number of rotatable bonds is 4. The van der Waals surface area contributed by atoms with Gasteiger partial charge in [0.25, 0.3) is 5.56 Å². The van der Waals surface area contributed by atoms with Crippen molar-refractivity contribution in [1.29, 1.82) is 0 Å². The quantitative estimate of drug-likeness (QED) is 0.822. The molecule has 2 N–H and O–H groups in total. The molecule has 0 saturated carbocycles. The number of hydrogen-bond acceptors (Lipinski definition) is 3. The monoisotopic (exact) mass is 235 g/mol. The molecule has 1 saturated heterocycles. The molecule has 0 radical (unpaired) electrons. The number of nitrogens with zero attached hydrogens (tertiary/aromatic N) is 1. The molecule has 0 bridgehead atoms. The van der Waals surface area contributed by atoms with E-state index in [1.807, 2.05) is 0 Å². The van der Waals surface area contributed by atoms with E-state index >= 15 is 0 Å². The topological polar surface area (TPSA) is 57.8 Å². The Kier molecular flexibility index (Phi) is 3.94. The van der Waals surface area contributed by atoms with Crippen LogP contribution in [-0.4, -0.2) is 23.1 Å². The molecule has 0 amide bonds. The van der Waals surface area contributed by atoms with Gasteiger partial charge in [-0.2, -0.15) is 0 Å². The zero-order valence-electron chi connectivity index (χ0n) is 10.6. The molecule has 2 rings (SSSR count). The molecule has 1 fully saturated rings. The molecule has 1 aromatic heterocycles. The summed E-state index contributed by atoms with van der Waals surface area (Å²) in [6, 6.07) is 0. The molecule has 17 heavy (non-hydrogen) atoms. The summed E-state index contributed by atoms with van der Waals surface area (Å²) in [7, 11) is 0. The fourth-order valence-electron chi connectivity index (χ4n) is 2.31. The molecule has 1 unspecified atom stereocenters. The maximum Gasteiger partial charge on any atom is 0.254 e. The van der Waals surface area contributed by atoms with Crippen LogP contribution in [0, 0.1) is 11.8 Å². The molecule has 94 valence electrons. The van der Waals surface area contributed by atoms with E-state index < -0.39 is 0 Å². The lowest BCUT2D eigenvalue weighted by atomic mass is 10.0. The minimum Gasteiger partial charge on any atom is -0.316 e. The smallest absolute Gasteiger partial charge is 0.254 e. The van der Waals surface area contributed by atoms with Crippen LogP contribution in [-0.2, 0) is 12.8 Å². The summed E-state index contributed by atoms with van der Waals surface area (Å²) in [5.74, 6) is 1.94. The van der Waals surface area contributed by atoms with Crippen molar-refractivity contribution in [3.8, 4) is 0 Å². The second kappa shape index (κ2) is 5.45. The van der Waals surface area contributed by atoms with Crippen molar-refractivity contribution in [2.75, 3.05) is 13.1 Å². The maximum absolute atomic E-state index is 11.8. The van der Waals surface area contributed by atoms with Crippen LogP contribution in [0.2, 0.25) is 0 Å². The van der Waals surface area contributed by atoms with Crippen molar-refractivity contribution in [1.82, 2.24) is 15.3 Å². The van der Waals surface area contributed by atoms with Crippen molar-refractivity contribution >= 4 is 0 Å². The summed E-state index contributed by atoms with van der Waals surface area (Å²) in [6.45, 7) is 6.34. The Bertz CT molecular complexity index is 419. The highest BCUT2D eigenvalue weighted by molar-refractivity contribution is 5.07. The highest BCUT2D eigenvalue weighted by atomic mass is 16.1. The Morgan fingerprint density at radius 2 is 2.35 bits per heavy atom. The number of hydrogen-bond donors (Lipinski definition) is 2. The van der Waals surface area contributed by atoms with E-state index in [1.54, 1.807) is 6.20 Å². The van der Waals surface area contributed by atoms with Crippen LogP contribution in [0.4, 0.5) is 0 Å². The number of aromatic nitrogens is 2. The lowest BCUT2D eigenvalue weighted by Gasteiger charge is -2.08. The SMILES string of the molecule is CC(C)Cc1cnc(CC2CCNC2)[nH]c1=O. The van der Waals surface area contributed by atoms with E-state index in [9.17, 15) is 4.79 Å². The van der Waals surface area contributed by atoms with E-state index in [4.69, 9.17) is 0 Å². The Morgan fingerprint density at radius 3 is 2.94 bits per heavy atom. The molecule has 1 aliphatic rings. The van der Waals surface area contributed by atoms with E-state index in [-0.39, 0.29) is 5.56 Å². The molecule has 4 heteroatoms. The molecule has 1 atom stereocenters. The van der Waals surface area contributed by atoms with Gasteiger partial charge in [0.2, 0.25) is 0 Å². The normalized spacial score (nSPS) is 20.1. The third kappa shape index (κ3) is 3.40. The Balaban J connectivity index is 2.05. The van der Waals surface area contributed by atoms with Gasteiger partial charge in [0.05, 0.1) is 0 Å². The molecular formula is C13H21N3O. The van der Waals surface area contributed by atoms with E-state index in [2.05, 4.69) is 29.1 Å². The van der Waals surface area contributed by atoms with Gasteiger partial charge in [-0.05, 0) is 37.8 Å². The molecule has 1 aromatic rings. The molecule has 2 heterocycles. The summed E-state index contributed by atoms with van der Waals surface area (Å²) in [5, 5.41) is 3.32. The first kappa shape index (κ1) is 12.3. The third-order valence-corrected chi connectivity index (χ3v) is 3.20. The van der Waals surface area contributed by atoms with Gasteiger partial charge < -0.3 is 10.3 Å². The number of aromatic amines is 1. The van der Waals surface area contributed by atoms with Crippen LogP contribution in [0.3, 0.4) is 0 Å². The minimum atomic E-state index is 0.0367. The van der Waals surface area contributed by atoms with Crippen LogP contribution < -0.4 is 10.9 Å². The Morgan fingerprint density at radius 1 is 1.53 bits per heavy atom. The first-order chi connectivity index (χ1) is 8.15. The largest absolute Gasteiger partial charge is 0.316 e. The molecular weight excluding hydrogens is 214 g/mol. The van der Waals surface area contributed by atoms with Crippen LogP contribution >= 0.6 is 0 Å². The number of nitrogens with one attached hydrogen (secondary N) is 2. The summed E-state index contributed by atoms with van der Waals surface area (Å²) in [4.78, 5) is 19.1. The predicted molar refractivity (Wildman–Crippen MR) is 68.1 cm³/mol. The number of H-pyrrole nitrogens is 1. The molecule has 0 aromatic carbocycles. The van der Waals surface area contributed by atoms with Crippen molar-refractivity contribution in [2.45, 2.75) is 33.1 Å². The van der Waals surface area contributed by atoms with Gasteiger partial charge in [0.15, 0.2) is 0 Å². The van der Waals surface area contributed by atoms with Crippen molar-refractivity contribution in [2.24, 2.45) is 11.8 Å². The molecule has 1 aliphatic heterocycles. The van der Waals surface area contributed by atoms with Crippen molar-refractivity contribution in [3.63, 3.8) is 0 Å². The van der Waals surface area contributed by atoms with Crippen LogP contribution in [0.25, 0.3) is 0 Å². The highest BCUT2D eigenvalue weighted by Gasteiger charge is 2.16. The summed E-state index contributed by atoms with van der Waals surface area (Å²) < 4.78 is 0. The minimum absolute atomic E-state index is 0.0367. The van der Waals surface area contributed by atoms with E-state index in [0.717, 1.165) is 37.3 Å². The van der Waals surface area contributed by atoms with Crippen molar-refractivity contribution in [3.05, 3.63) is 27.9 Å². The molecule has 0 aliphatic carbocycles. The van der Waals surface area contributed by atoms with Crippen molar-refractivity contribution < 1.29 is 0 Å². The summed E-state index contributed by atoms with van der Waals surface area (Å²) in [6.07, 6.45) is 4.60. The average molecular weight is 235 g/mol. The fourth-order valence-corrected chi connectivity index (χ4v) is 2.31. The molecule has 0 spiro atoms. The lowest BCUT2D eigenvalue weighted by Crippen LogP contribution is -2.20. The highest BCUT2D eigenvalue weighted by Crippen LogP contribution is 2.12. The summed E-state index contributed by atoms with van der Waals surface area (Å²) >= 11 is 0. The van der Waals surface area contributed by atoms with Gasteiger partial charge in [0, 0.05) is 18.2 Å². The standard InChI is InChI=1S/C13H21N3O/c1-9(2)5-11-8-15-12(16-13(11)17)6-10-3-4-14-7-10/h8-10,14H,3-7H2,1-2H3,(H,15,16,17). The average Bonchev–Trinajstić information content (AvgIpc) is 2.74. The first-order valence-electron chi connectivity index (χ1n) is 6.43. The fraction of sp³-hybridized carbons (Fsp3) is 0.692. The van der Waals surface area contributed by atoms with Gasteiger partial charge in [-0.25, -0.2) is 4.98 Å². The van der Waals surface area contributed by atoms with E-state index in [0.29, 0.717) is 11.8 Å². The van der Waals surface area contributed by atoms with Gasteiger partial charge in [-0.1, -0.05) is 13.8 Å². The van der Waals surface area contributed by atoms with Gasteiger partial charge in [-0.15, -0.1) is 0 Å². The zero-order valence-corrected chi connectivity index (χ0v) is 10.6. The third-order valence-electron chi connectivity index (χ3n) is 3.20. The van der Waals surface area contributed by atoms with Crippen LogP contribution in [0.15, 0.2) is 11.0 Å². The van der Waals surface area contributed by atoms with Gasteiger partial charge in [-0.3, -0.25) is 4.79 Å². The van der Waals surface area contributed by atoms with Crippen LogP contribution in [0.1, 0.15) is 31.7 Å². The Hall–Kier alpha value is -1.16. The van der Waals surface area contributed by atoms with E-state index in [1.165, 1.54) is 6.42 Å². The zero-order chi connectivity index (χ0) is 12.3. The molecule has 4 nitrogen and oxygen atoms in total. The predicted octanol–water partition coefficient (Wildman–Crippen LogP) is 1.12.